The fourth-order valence-electron chi connectivity index (χ4n) is 1.58. The Hall–Kier alpha value is -2.48. The zero-order chi connectivity index (χ0) is 15.9. The van der Waals surface area contributed by atoms with Crippen molar-refractivity contribution in [1.29, 1.82) is 0 Å². The molecular weight excluding hydrogens is 312 g/mol. The number of amides is 1. The van der Waals surface area contributed by atoms with Crippen molar-refractivity contribution in [2.24, 2.45) is 0 Å². The van der Waals surface area contributed by atoms with E-state index in [0.29, 0.717) is 12.3 Å². The van der Waals surface area contributed by atoms with E-state index in [1.54, 1.807) is 18.4 Å². The highest BCUT2D eigenvalue weighted by atomic mass is 32.1. The average molecular weight is 325 g/mol. The Morgan fingerprint density at radius 1 is 1.18 bits per heavy atom. The zero-order valence-electron chi connectivity index (χ0n) is 11.4. The number of thiocarbonyl (C=S) groups is 1. The molecule has 2 rings (SSSR count). The maximum atomic E-state index is 13.0. The lowest BCUT2D eigenvalue weighted by atomic mass is 10.3. The summed E-state index contributed by atoms with van der Waals surface area (Å²) in [7, 11) is 0. The first kappa shape index (κ1) is 15.9. The van der Waals surface area contributed by atoms with E-state index < -0.39 is 17.5 Å². The van der Waals surface area contributed by atoms with Gasteiger partial charge >= 0.3 is 0 Å². The van der Waals surface area contributed by atoms with Gasteiger partial charge in [0.1, 0.15) is 5.76 Å². The topological polar surface area (TPSA) is 66.3 Å². The maximum absolute atomic E-state index is 13.0. The molecule has 8 heteroatoms. The van der Waals surface area contributed by atoms with Crippen LogP contribution in [0.4, 0.5) is 14.5 Å². The molecule has 0 unspecified atom stereocenters. The number of hydrogen-bond acceptors (Lipinski definition) is 3. The average Bonchev–Trinajstić information content (AvgIpc) is 3.00. The zero-order valence-corrected chi connectivity index (χ0v) is 12.2. The quantitative estimate of drug-likeness (QED) is 0.735. The summed E-state index contributed by atoms with van der Waals surface area (Å²) in [4.78, 5) is 11.7. The van der Waals surface area contributed by atoms with Gasteiger partial charge in [0.25, 0.3) is 0 Å². The highest BCUT2D eigenvalue weighted by molar-refractivity contribution is 7.80. The fourth-order valence-corrected chi connectivity index (χ4v) is 1.73. The fraction of sp³-hybridized carbons (Fsp3) is 0.143. The predicted molar refractivity (Wildman–Crippen MR) is 81.1 cm³/mol. The van der Waals surface area contributed by atoms with Crippen molar-refractivity contribution in [3.05, 3.63) is 54.0 Å². The van der Waals surface area contributed by atoms with Crippen LogP contribution < -0.4 is 16.0 Å². The summed E-state index contributed by atoms with van der Waals surface area (Å²) >= 11 is 4.99. The van der Waals surface area contributed by atoms with Gasteiger partial charge in [0.2, 0.25) is 5.91 Å². The molecule has 116 valence electrons. The van der Waals surface area contributed by atoms with Crippen LogP contribution in [0.1, 0.15) is 5.76 Å². The molecule has 0 aliphatic carbocycles. The van der Waals surface area contributed by atoms with Gasteiger partial charge in [-0.2, -0.15) is 0 Å². The molecular formula is C14H13F2N3O2S. The van der Waals surface area contributed by atoms with Gasteiger partial charge in [-0.15, -0.1) is 0 Å². The Balaban J connectivity index is 1.72. The summed E-state index contributed by atoms with van der Waals surface area (Å²) in [6.45, 7) is 0.284. The van der Waals surface area contributed by atoms with Gasteiger partial charge in [-0.25, -0.2) is 8.78 Å². The molecule has 5 nitrogen and oxygen atoms in total. The van der Waals surface area contributed by atoms with E-state index in [0.717, 1.165) is 12.1 Å². The molecule has 2 aromatic rings. The van der Waals surface area contributed by atoms with Crippen LogP contribution in [0.15, 0.2) is 41.0 Å². The van der Waals surface area contributed by atoms with Gasteiger partial charge in [-0.1, -0.05) is 0 Å². The molecule has 1 amide bonds. The number of nitrogens with one attached hydrogen (secondary N) is 3. The number of carbonyl (C=O) groups is 1. The van der Waals surface area contributed by atoms with Gasteiger partial charge < -0.3 is 20.4 Å². The van der Waals surface area contributed by atoms with Crippen LogP contribution in [0.25, 0.3) is 0 Å². The van der Waals surface area contributed by atoms with Gasteiger partial charge in [-0.05, 0) is 36.5 Å². The normalized spacial score (nSPS) is 10.1. The van der Waals surface area contributed by atoms with Crippen LogP contribution in [0.3, 0.4) is 0 Å². The van der Waals surface area contributed by atoms with Crippen LogP contribution >= 0.6 is 12.2 Å². The largest absolute Gasteiger partial charge is 0.467 e. The number of halogens is 2. The van der Waals surface area contributed by atoms with Crippen LogP contribution in [0, 0.1) is 11.6 Å². The molecule has 0 bridgehead atoms. The van der Waals surface area contributed by atoms with Crippen molar-refractivity contribution in [2.75, 3.05) is 11.9 Å². The Labute approximate surface area is 130 Å². The number of anilines is 1. The number of rotatable bonds is 5. The lowest BCUT2D eigenvalue weighted by molar-refractivity contribution is -0.115. The Kier molecular flexibility index (Phi) is 5.42. The molecule has 0 aliphatic heterocycles. The van der Waals surface area contributed by atoms with Crippen molar-refractivity contribution in [3.63, 3.8) is 0 Å². The molecule has 0 saturated carbocycles. The molecule has 1 aromatic carbocycles. The second-order valence-electron chi connectivity index (χ2n) is 4.29. The first-order valence-corrected chi connectivity index (χ1v) is 6.74. The highest BCUT2D eigenvalue weighted by Gasteiger charge is 2.07. The molecule has 0 atom stereocenters. The molecule has 22 heavy (non-hydrogen) atoms. The summed E-state index contributed by atoms with van der Waals surface area (Å²) in [5, 5.41) is 8.24. The second kappa shape index (κ2) is 7.51. The molecule has 0 radical (unpaired) electrons. The molecule has 0 aliphatic rings. The molecule has 3 N–H and O–H groups in total. The maximum Gasteiger partial charge on any atom is 0.243 e. The van der Waals surface area contributed by atoms with Crippen molar-refractivity contribution < 1.29 is 18.0 Å². The molecule has 0 saturated heterocycles. The predicted octanol–water partition coefficient (Wildman–Crippen LogP) is 2.16. The van der Waals surface area contributed by atoms with Crippen molar-refractivity contribution in [2.45, 2.75) is 6.54 Å². The monoisotopic (exact) mass is 325 g/mol. The van der Waals surface area contributed by atoms with Crippen molar-refractivity contribution in [1.82, 2.24) is 10.6 Å². The van der Waals surface area contributed by atoms with Gasteiger partial charge in [0.05, 0.1) is 19.4 Å². The summed E-state index contributed by atoms with van der Waals surface area (Å²) in [6.07, 6.45) is 1.54. The van der Waals surface area contributed by atoms with Gasteiger partial charge in [0, 0.05) is 11.8 Å². The third-order valence-corrected chi connectivity index (χ3v) is 2.90. The first-order chi connectivity index (χ1) is 10.5. The third-order valence-electron chi connectivity index (χ3n) is 2.62. The summed E-state index contributed by atoms with van der Waals surface area (Å²) < 4.78 is 30.9. The van der Waals surface area contributed by atoms with E-state index in [2.05, 4.69) is 16.0 Å². The number of furan rings is 1. The molecule has 1 aromatic heterocycles. The number of benzene rings is 1. The molecule has 0 fully saturated rings. The SMILES string of the molecule is O=C(CNC(=S)NCc1ccco1)Nc1ccc(F)c(F)c1. The third kappa shape index (κ3) is 4.81. The van der Waals surface area contributed by atoms with Crippen LogP contribution in [0.2, 0.25) is 0 Å². The van der Waals surface area contributed by atoms with E-state index in [9.17, 15) is 13.6 Å². The van der Waals surface area contributed by atoms with E-state index in [1.807, 2.05) is 0 Å². The van der Waals surface area contributed by atoms with E-state index in [4.69, 9.17) is 16.6 Å². The number of carbonyl (C=O) groups excluding carboxylic acids is 1. The van der Waals surface area contributed by atoms with Crippen LogP contribution in [-0.2, 0) is 11.3 Å². The Morgan fingerprint density at radius 2 is 2.00 bits per heavy atom. The van der Waals surface area contributed by atoms with Gasteiger partial charge in [0.15, 0.2) is 16.7 Å². The molecule has 0 spiro atoms. The van der Waals surface area contributed by atoms with E-state index in [1.165, 1.54) is 6.07 Å². The lowest BCUT2D eigenvalue weighted by Gasteiger charge is -2.10. The highest BCUT2D eigenvalue weighted by Crippen LogP contribution is 2.12. The van der Waals surface area contributed by atoms with E-state index in [-0.39, 0.29) is 17.3 Å². The smallest absolute Gasteiger partial charge is 0.243 e. The van der Waals surface area contributed by atoms with Crippen molar-refractivity contribution in [3.8, 4) is 0 Å². The minimum Gasteiger partial charge on any atom is -0.467 e. The van der Waals surface area contributed by atoms with Crippen LogP contribution in [0.5, 0.6) is 0 Å². The van der Waals surface area contributed by atoms with Crippen molar-refractivity contribution >= 4 is 28.9 Å². The first-order valence-electron chi connectivity index (χ1n) is 6.33. The number of hydrogen-bond donors (Lipinski definition) is 3. The second-order valence-corrected chi connectivity index (χ2v) is 4.70. The lowest BCUT2D eigenvalue weighted by Crippen LogP contribution is -2.39. The van der Waals surface area contributed by atoms with E-state index >= 15 is 0 Å². The van der Waals surface area contributed by atoms with Crippen LogP contribution in [-0.4, -0.2) is 17.6 Å². The minimum absolute atomic E-state index is 0.108. The standard InChI is InChI=1S/C14H13F2N3O2S/c15-11-4-3-9(6-12(11)16)19-13(20)8-18-14(22)17-7-10-2-1-5-21-10/h1-6H,7-8H2,(H,19,20)(H2,17,18,22). The summed E-state index contributed by atoms with van der Waals surface area (Å²) in [5.41, 5.74) is 0.167. The summed E-state index contributed by atoms with van der Waals surface area (Å²) in [5.74, 6) is -1.73. The Bertz CT molecular complexity index is 662. The van der Waals surface area contributed by atoms with Gasteiger partial charge in [-0.3, -0.25) is 4.79 Å². The Morgan fingerprint density at radius 3 is 2.68 bits per heavy atom. The minimum atomic E-state index is -1.03. The summed E-state index contributed by atoms with van der Waals surface area (Å²) in [6, 6.07) is 6.65. The molecule has 1 heterocycles.